The zero-order chi connectivity index (χ0) is 30.0. The number of hydrogen-bond acceptors (Lipinski definition) is 5. The van der Waals surface area contributed by atoms with E-state index in [1.54, 1.807) is 0 Å². The number of alkyl halides is 7. The van der Waals surface area contributed by atoms with Crippen molar-refractivity contribution in [2.75, 3.05) is 0 Å². The average Bonchev–Trinajstić information content (AvgIpc) is 3.38. The highest BCUT2D eigenvalue weighted by atomic mass is 19.4. The van der Waals surface area contributed by atoms with E-state index in [0.717, 1.165) is 16.8 Å². The van der Waals surface area contributed by atoms with E-state index < -0.39 is 36.9 Å². The Morgan fingerprint density at radius 1 is 0.619 bits per heavy atom. The van der Waals surface area contributed by atoms with E-state index in [-0.39, 0.29) is 34.1 Å². The summed E-state index contributed by atoms with van der Waals surface area (Å²) in [6, 6.07) is 17.3. The average molecular weight is 592 g/mol. The van der Waals surface area contributed by atoms with Crippen LogP contribution in [-0.2, 0) is 6.18 Å². The van der Waals surface area contributed by atoms with Gasteiger partial charge in [0.1, 0.15) is 17.3 Å². The molecule has 0 spiro atoms. The second-order valence-electron chi connectivity index (χ2n) is 8.58. The van der Waals surface area contributed by atoms with Gasteiger partial charge in [-0.2, -0.15) is 40.5 Å². The fourth-order valence-corrected chi connectivity index (χ4v) is 3.94. The van der Waals surface area contributed by atoms with Gasteiger partial charge in [-0.3, -0.25) is 0 Å². The van der Waals surface area contributed by atoms with E-state index in [4.69, 9.17) is 0 Å². The van der Waals surface area contributed by atoms with Gasteiger partial charge in [-0.1, -0.05) is 0 Å². The number of hydrogen-bond donors (Lipinski definition) is 0. The fraction of sp³-hybridized carbons (Fsp3) is 0.107. The Morgan fingerprint density at radius 2 is 1.12 bits per heavy atom. The van der Waals surface area contributed by atoms with Gasteiger partial charge in [0.25, 0.3) is 5.95 Å². The van der Waals surface area contributed by atoms with E-state index in [1.807, 2.05) is 0 Å². The maximum absolute atomic E-state index is 13.9. The second-order valence-corrected chi connectivity index (χ2v) is 8.58. The predicted octanol–water partition coefficient (Wildman–Crippen LogP) is 8.02. The number of benzene rings is 3. The maximum Gasteiger partial charge on any atom is 0.433 e. The molecule has 0 aliphatic carbocycles. The molecule has 0 unspecified atom stereocenters. The first kappa shape index (κ1) is 28.5. The molecule has 0 N–H and O–H groups in total. The molecule has 0 fully saturated rings. The lowest BCUT2D eigenvalue weighted by molar-refractivity contribution is -0.141. The zero-order valence-corrected chi connectivity index (χ0v) is 20.9. The molecule has 3 aromatic carbocycles. The van der Waals surface area contributed by atoms with E-state index >= 15 is 0 Å². The lowest BCUT2D eigenvalue weighted by Gasteiger charge is -2.13. The van der Waals surface area contributed by atoms with Crippen molar-refractivity contribution in [2.45, 2.75) is 19.4 Å². The molecule has 0 aliphatic heterocycles. The maximum atomic E-state index is 13.9. The molecule has 0 aliphatic rings. The first-order valence-electron chi connectivity index (χ1n) is 11.9. The predicted molar refractivity (Wildman–Crippen MR) is 134 cm³/mol. The molecule has 14 heteroatoms. The summed E-state index contributed by atoms with van der Waals surface area (Å²) in [7, 11) is 0. The van der Waals surface area contributed by atoms with Gasteiger partial charge in [-0.15, -0.1) is 0 Å². The van der Waals surface area contributed by atoms with E-state index in [9.17, 15) is 35.1 Å². The summed E-state index contributed by atoms with van der Waals surface area (Å²) in [6.07, 6.45) is -4.89. The van der Waals surface area contributed by atoms with Crippen LogP contribution in [0.5, 0.6) is 11.5 Å². The number of ether oxygens (including phenoxy) is 2. The summed E-state index contributed by atoms with van der Waals surface area (Å²) in [5.74, 6) is -1.40. The minimum Gasteiger partial charge on any atom is -0.435 e. The number of halogens is 8. The van der Waals surface area contributed by atoms with Crippen LogP contribution in [0.3, 0.4) is 0 Å². The van der Waals surface area contributed by atoms with Crippen LogP contribution in [0.4, 0.5) is 35.1 Å². The van der Waals surface area contributed by atoms with Crippen LogP contribution in [0.1, 0.15) is 5.69 Å². The SMILES string of the molecule is Fc1ccc(-c2cc(C(F)(F)F)nc(-n3nc(-c4ccc(OC(F)F)cc4)cc3-c3ccc(OC(F)F)cc3)n2)cc1. The molecule has 0 amide bonds. The third-order valence-electron chi connectivity index (χ3n) is 5.79. The Bertz CT molecular complexity index is 1670. The van der Waals surface area contributed by atoms with Crippen molar-refractivity contribution in [3.05, 3.63) is 96.4 Å². The van der Waals surface area contributed by atoms with Crippen LogP contribution < -0.4 is 9.47 Å². The van der Waals surface area contributed by atoms with Crippen molar-refractivity contribution in [1.29, 1.82) is 0 Å². The molecular weight excluding hydrogens is 576 g/mol. The lowest BCUT2D eigenvalue weighted by atomic mass is 10.1. The molecule has 5 rings (SSSR count). The standard InChI is InChI=1S/C28H16F8N4O2/c29-18-7-1-15(2-8-18)21-14-24(28(34,35)36)38-27(37-21)40-23(17-5-11-20(12-6-17)42-26(32)33)13-22(39-40)16-3-9-19(10-4-16)41-25(30)31/h1-14,25-26H. The molecule has 0 radical (unpaired) electrons. The van der Waals surface area contributed by atoms with E-state index in [0.29, 0.717) is 17.2 Å². The van der Waals surface area contributed by atoms with Gasteiger partial charge in [-0.05, 0) is 84.9 Å². The van der Waals surface area contributed by atoms with Gasteiger partial charge in [0.05, 0.1) is 17.1 Å². The Kier molecular flexibility index (Phi) is 7.79. The summed E-state index contributed by atoms with van der Waals surface area (Å²) < 4.78 is 115. The first-order chi connectivity index (χ1) is 20.0. The van der Waals surface area contributed by atoms with Crippen molar-refractivity contribution >= 4 is 0 Å². The van der Waals surface area contributed by atoms with E-state index in [1.165, 1.54) is 66.7 Å². The third-order valence-corrected chi connectivity index (χ3v) is 5.79. The third kappa shape index (κ3) is 6.48. The van der Waals surface area contributed by atoms with Gasteiger partial charge in [0.2, 0.25) is 0 Å². The topological polar surface area (TPSA) is 62.1 Å². The molecule has 0 saturated carbocycles. The normalized spacial score (nSPS) is 11.8. The summed E-state index contributed by atoms with van der Waals surface area (Å²) in [4.78, 5) is 7.93. The Morgan fingerprint density at radius 3 is 1.64 bits per heavy atom. The molecule has 0 atom stereocenters. The highest BCUT2D eigenvalue weighted by molar-refractivity contribution is 5.71. The smallest absolute Gasteiger partial charge is 0.433 e. The van der Waals surface area contributed by atoms with Crippen LogP contribution in [0.2, 0.25) is 0 Å². The second kappa shape index (κ2) is 11.5. The number of aromatic nitrogens is 4. The van der Waals surface area contributed by atoms with Crippen LogP contribution in [-0.4, -0.2) is 33.0 Å². The summed E-state index contributed by atoms with van der Waals surface area (Å²) >= 11 is 0. The fourth-order valence-electron chi connectivity index (χ4n) is 3.94. The van der Waals surface area contributed by atoms with Gasteiger partial charge >= 0.3 is 19.4 Å². The molecule has 2 heterocycles. The van der Waals surface area contributed by atoms with Crippen LogP contribution in [0, 0.1) is 5.82 Å². The van der Waals surface area contributed by atoms with Crippen LogP contribution >= 0.6 is 0 Å². The molecular formula is C28H16F8N4O2. The number of nitrogens with zero attached hydrogens (tertiary/aromatic N) is 4. The first-order valence-corrected chi connectivity index (χ1v) is 11.9. The van der Waals surface area contributed by atoms with Crippen molar-refractivity contribution < 1.29 is 44.6 Å². The minimum absolute atomic E-state index is 0.131. The molecule has 216 valence electrons. The van der Waals surface area contributed by atoms with Gasteiger partial charge in [-0.25, -0.2) is 14.4 Å². The van der Waals surface area contributed by atoms with E-state index in [2.05, 4.69) is 24.5 Å². The highest BCUT2D eigenvalue weighted by Gasteiger charge is 2.34. The zero-order valence-electron chi connectivity index (χ0n) is 20.9. The molecule has 0 bridgehead atoms. The van der Waals surface area contributed by atoms with Gasteiger partial charge in [0.15, 0.2) is 5.69 Å². The van der Waals surface area contributed by atoms with Gasteiger partial charge in [0, 0.05) is 16.7 Å². The van der Waals surface area contributed by atoms with Crippen molar-refractivity contribution in [2.24, 2.45) is 0 Å². The highest BCUT2D eigenvalue weighted by Crippen LogP contribution is 2.34. The van der Waals surface area contributed by atoms with Crippen LogP contribution in [0.15, 0.2) is 84.9 Å². The minimum atomic E-state index is -4.89. The Hall–Kier alpha value is -5.01. The molecule has 5 aromatic rings. The molecule has 2 aromatic heterocycles. The Labute approximate surface area is 231 Å². The lowest BCUT2D eigenvalue weighted by Crippen LogP contribution is -2.14. The molecule has 6 nitrogen and oxygen atoms in total. The largest absolute Gasteiger partial charge is 0.435 e. The molecule has 42 heavy (non-hydrogen) atoms. The molecule has 0 saturated heterocycles. The Balaban J connectivity index is 1.67. The summed E-state index contributed by atoms with van der Waals surface area (Å²) in [6.45, 7) is -6.12. The summed E-state index contributed by atoms with van der Waals surface area (Å²) in [5.41, 5.74) is -0.273. The van der Waals surface area contributed by atoms with Crippen molar-refractivity contribution in [3.8, 4) is 51.2 Å². The summed E-state index contributed by atoms with van der Waals surface area (Å²) in [5, 5.41) is 4.38. The van der Waals surface area contributed by atoms with Crippen LogP contribution in [0.25, 0.3) is 39.7 Å². The van der Waals surface area contributed by atoms with Crippen molar-refractivity contribution in [1.82, 2.24) is 19.7 Å². The monoisotopic (exact) mass is 592 g/mol. The van der Waals surface area contributed by atoms with Gasteiger partial charge < -0.3 is 9.47 Å². The van der Waals surface area contributed by atoms with Crippen molar-refractivity contribution in [3.63, 3.8) is 0 Å². The quantitative estimate of drug-likeness (QED) is 0.171. The number of rotatable bonds is 8.